The van der Waals surface area contributed by atoms with Gasteiger partial charge in [0.05, 0.1) is 29.7 Å². The quantitative estimate of drug-likeness (QED) is 0.205. The molecule has 0 bridgehead atoms. The highest BCUT2D eigenvalue weighted by Crippen LogP contribution is 2.36. The monoisotopic (exact) mass is 635 g/mol. The molecule has 0 saturated heterocycles. The minimum atomic E-state index is -0.817. The lowest BCUT2D eigenvalue weighted by Crippen LogP contribution is -2.25. The molecule has 0 spiro atoms. The summed E-state index contributed by atoms with van der Waals surface area (Å²) in [5.74, 6) is 1.20. The van der Waals surface area contributed by atoms with Crippen LogP contribution in [0.3, 0.4) is 0 Å². The van der Waals surface area contributed by atoms with Gasteiger partial charge in [0, 0.05) is 5.41 Å². The van der Waals surface area contributed by atoms with Crippen LogP contribution in [0.5, 0.6) is 11.5 Å². The Balaban J connectivity index is 1.61. The van der Waals surface area contributed by atoms with Crippen molar-refractivity contribution in [2.75, 3.05) is 19.1 Å². The number of ether oxygens (including phenoxy) is 2. The van der Waals surface area contributed by atoms with E-state index in [2.05, 4.69) is 24.2 Å². The lowest BCUT2D eigenvalue weighted by atomic mass is 9.78. The van der Waals surface area contributed by atoms with Crippen LogP contribution in [0.2, 0.25) is 5.02 Å². The summed E-state index contributed by atoms with van der Waals surface area (Å²) in [6.07, 6.45) is -1.57. The van der Waals surface area contributed by atoms with Crippen molar-refractivity contribution in [2.24, 2.45) is 0 Å². The second-order valence-corrected chi connectivity index (χ2v) is 10.3. The second kappa shape index (κ2) is 12.6. The summed E-state index contributed by atoms with van der Waals surface area (Å²) >= 11 is 14.0. The van der Waals surface area contributed by atoms with E-state index in [-0.39, 0.29) is 37.7 Å². The van der Waals surface area contributed by atoms with Gasteiger partial charge in [-0.15, -0.1) is 16.7 Å². The zero-order valence-electron chi connectivity index (χ0n) is 19.4. The molecule has 0 aliphatic rings. The van der Waals surface area contributed by atoms with E-state index in [1.54, 1.807) is 6.07 Å². The van der Waals surface area contributed by atoms with E-state index in [1.807, 2.05) is 59.0 Å². The average Bonchev–Trinajstić information content (AvgIpc) is 3.20. The number of benzene rings is 2. The van der Waals surface area contributed by atoms with Crippen molar-refractivity contribution >= 4 is 45.8 Å². The molecule has 190 valence electrons. The maximum absolute atomic E-state index is 10.3. The molecule has 3 rings (SSSR count). The maximum Gasteiger partial charge on any atom is 0.149 e. The van der Waals surface area contributed by atoms with E-state index in [9.17, 15) is 15.3 Å². The first-order valence-electron chi connectivity index (χ1n) is 10.9. The predicted octanol–water partition coefficient (Wildman–Crippen LogP) is 3.77. The Morgan fingerprint density at radius 1 is 1.03 bits per heavy atom. The third kappa shape index (κ3) is 7.21. The molecule has 0 radical (unpaired) electrons. The van der Waals surface area contributed by atoms with Crippen molar-refractivity contribution in [3.63, 3.8) is 0 Å². The van der Waals surface area contributed by atoms with E-state index < -0.39 is 12.2 Å². The second-order valence-electron chi connectivity index (χ2n) is 8.55. The topological polar surface area (TPSA) is 110 Å². The van der Waals surface area contributed by atoms with Crippen molar-refractivity contribution in [3.05, 3.63) is 68.0 Å². The summed E-state index contributed by atoms with van der Waals surface area (Å²) in [6, 6.07) is 13.2. The van der Waals surface area contributed by atoms with Gasteiger partial charge in [-0.2, -0.15) is 0 Å². The number of alkyl halides is 1. The molecule has 2 aromatic carbocycles. The van der Waals surface area contributed by atoms with Crippen molar-refractivity contribution in [1.82, 2.24) is 15.0 Å². The van der Waals surface area contributed by atoms with Gasteiger partial charge in [0.2, 0.25) is 0 Å². The minimum absolute atomic E-state index is 0.0690. The Hall–Kier alpha value is -1.63. The minimum Gasteiger partial charge on any atom is -0.491 e. The fraction of sp³-hybridized carbons (Fsp3) is 0.417. The number of aliphatic hydroxyl groups excluding tert-OH is 3. The molecule has 35 heavy (non-hydrogen) atoms. The number of nitrogens with zero attached hydrogens (tertiary/aromatic N) is 3. The first-order chi connectivity index (χ1) is 16.6. The third-order valence-corrected chi connectivity index (χ3v) is 7.09. The van der Waals surface area contributed by atoms with E-state index in [4.69, 9.17) is 32.7 Å². The smallest absolute Gasteiger partial charge is 0.149 e. The van der Waals surface area contributed by atoms with Crippen LogP contribution >= 0.6 is 45.8 Å². The number of hydrogen-bond acceptors (Lipinski definition) is 7. The van der Waals surface area contributed by atoms with Crippen LogP contribution in [0.25, 0.3) is 0 Å². The molecule has 3 N–H and O–H groups in total. The normalized spacial score (nSPS) is 13.5. The summed E-state index contributed by atoms with van der Waals surface area (Å²) in [5.41, 5.74) is 2.26. The number of hydrogen-bond donors (Lipinski definition) is 3. The van der Waals surface area contributed by atoms with Crippen LogP contribution in [0.15, 0.2) is 42.5 Å². The Bertz CT molecular complexity index is 1110. The highest BCUT2D eigenvalue weighted by atomic mass is 127. The SMILES string of the molecule is CC(C)(c1ccc(OC[C@@H](O)Cn2nnc(I)c2CO)cc1)c1ccc(OC[C@H](O)CCl)c(Cl)c1. The van der Waals surface area contributed by atoms with Crippen LogP contribution in [-0.2, 0) is 18.6 Å². The van der Waals surface area contributed by atoms with Gasteiger partial charge in [0.15, 0.2) is 0 Å². The van der Waals surface area contributed by atoms with E-state index in [0.29, 0.717) is 25.9 Å². The molecule has 1 heterocycles. The van der Waals surface area contributed by atoms with Gasteiger partial charge >= 0.3 is 0 Å². The molecule has 0 unspecified atom stereocenters. The fourth-order valence-corrected chi connectivity index (χ4v) is 4.29. The number of aromatic nitrogens is 3. The van der Waals surface area contributed by atoms with E-state index in [1.165, 1.54) is 4.68 Å². The standard InChI is InChI=1S/C24H28Cl2IN3O5/c1-24(2,16-5-8-22(20(26)9-16)35-13-17(32)10-25)15-3-6-19(7-4-15)34-14-18(33)11-30-21(12-31)23(27)28-29-30/h3-9,17-18,31-33H,10-14H2,1-2H3/t17-,18+/m1/s1. The van der Waals surface area contributed by atoms with Crippen LogP contribution in [0, 0.1) is 3.70 Å². The van der Waals surface area contributed by atoms with E-state index in [0.717, 1.165) is 11.1 Å². The lowest BCUT2D eigenvalue weighted by Gasteiger charge is -2.27. The van der Waals surface area contributed by atoms with Gasteiger partial charge in [-0.3, -0.25) is 0 Å². The van der Waals surface area contributed by atoms with Crippen molar-refractivity contribution in [1.29, 1.82) is 0 Å². The first-order valence-corrected chi connectivity index (χ1v) is 12.9. The molecule has 0 aliphatic carbocycles. The molecular weight excluding hydrogens is 608 g/mol. The maximum atomic E-state index is 10.3. The first kappa shape index (κ1) is 27.9. The highest BCUT2D eigenvalue weighted by molar-refractivity contribution is 14.1. The molecule has 0 saturated carbocycles. The molecule has 8 nitrogen and oxygen atoms in total. The summed E-state index contributed by atoms with van der Waals surface area (Å²) in [6.45, 7) is 4.29. The molecule has 0 amide bonds. The molecule has 0 fully saturated rings. The van der Waals surface area contributed by atoms with Crippen LogP contribution < -0.4 is 9.47 Å². The molecule has 1 aromatic heterocycles. The number of rotatable bonds is 12. The van der Waals surface area contributed by atoms with Gasteiger partial charge in [0.1, 0.15) is 40.6 Å². The third-order valence-electron chi connectivity index (χ3n) is 5.60. The van der Waals surface area contributed by atoms with Crippen molar-refractivity contribution < 1.29 is 24.8 Å². The molecule has 0 aliphatic heterocycles. The predicted molar refractivity (Wildman–Crippen MR) is 142 cm³/mol. The number of halogens is 3. The largest absolute Gasteiger partial charge is 0.491 e. The molecular formula is C24H28Cl2IN3O5. The van der Waals surface area contributed by atoms with Crippen LogP contribution in [0.1, 0.15) is 30.7 Å². The Morgan fingerprint density at radius 3 is 2.31 bits per heavy atom. The molecule has 3 aromatic rings. The summed E-state index contributed by atoms with van der Waals surface area (Å²) in [5, 5.41) is 37.6. The van der Waals surface area contributed by atoms with Crippen molar-refractivity contribution in [2.45, 2.75) is 44.6 Å². The Morgan fingerprint density at radius 2 is 1.69 bits per heavy atom. The summed E-state index contributed by atoms with van der Waals surface area (Å²) in [7, 11) is 0. The molecule has 2 atom stereocenters. The van der Waals surface area contributed by atoms with Crippen LogP contribution in [0.4, 0.5) is 0 Å². The Labute approximate surface area is 227 Å². The summed E-state index contributed by atoms with van der Waals surface area (Å²) in [4.78, 5) is 0. The van der Waals surface area contributed by atoms with E-state index >= 15 is 0 Å². The summed E-state index contributed by atoms with van der Waals surface area (Å²) < 4.78 is 13.4. The number of aliphatic hydroxyl groups is 3. The van der Waals surface area contributed by atoms with Crippen LogP contribution in [-0.4, -0.2) is 61.6 Å². The van der Waals surface area contributed by atoms with Gasteiger partial charge in [-0.25, -0.2) is 4.68 Å². The molecule has 11 heteroatoms. The van der Waals surface area contributed by atoms with Gasteiger partial charge in [-0.05, 0) is 58.0 Å². The zero-order chi connectivity index (χ0) is 25.6. The van der Waals surface area contributed by atoms with Crippen molar-refractivity contribution in [3.8, 4) is 11.5 Å². The van der Waals surface area contributed by atoms with Gasteiger partial charge in [0.25, 0.3) is 0 Å². The lowest BCUT2D eigenvalue weighted by molar-refractivity contribution is 0.0866. The Kier molecular flexibility index (Phi) is 10.0. The zero-order valence-corrected chi connectivity index (χ0v) is 23.0. The van der Waals surface area contributed by atoms with Gasteiger partial charge in [-0.1, -0.05) is 48.9 Å². The van der Waals surface area contributed by atoms with Gasteiger partial charge < -0.3 is 24.8 Å². The average molecular weight is 636 g/mol. The fourth-order valence-electron chi connectivity index (χ4n) is 3.42. The highest BCUT2D eigenvalue weighted by Gasteiger charge is 2.24.